The van der Waals surface area contributed by atoms with Crippen molar-refractivity contribution in [1.82, 2.24) is 45.6 Å². The molecule has 1 saturated carbocycles. The lowest BCUT2D eigenvalue weighted by atomic mass is 9.85. The van der Waals surface area contributed by atoms with E-state index in [0.717, 1.165) is 44.8 Å². The van der Waals surface area contributed by atoms with Gasteiger partial charge in [0.05, 0.1) is 63.9 Å². The van der Waals surface area contributed by atoms with Crippen LogP contribution in [0.3, 0.4) is 0 Å². The van der Waals surface area contributed by atoms with Crippen LogP contribution in [-0.2, 0) is 46.9 Å². The zero-order chi connectivity index (χ0) is 60.5. The number of aliphatic hydroxyl groups is 1. The molecule has 4 atom stereocenters. The Kier molecular flexibility index (Phi) is 17.7. The Morgan fingerprint density at radius 1 is 0.905 bits per heavy atom. The molecule has 5 heterocycles. The van der Waals surface area contributed by atoms with Gasteiger partial charge in [-0.3, -0.25) is 24.1 Å². The van der Waals surface area contributed by atoms with Crippen LogP contribution in [-0.4, -0.2) is 95.2 Å². The average Bonchev–Trinajstić information content (AvgIpc) is 2.13. The number of aromatic nitrogens is 5. The van der Waals surface area contributed by atoms with Gasteiger partial charge in [0.25, 0.3) is 5.91 Å². The van der Waals surface area contributed by atoms with Crippen LogP contribution in [0.1, 0.15) is 135 Å². The number of hydrogen-bond acceptors (Lipinski definition) is 13. The normalized spacial score (nSPS) is 17.4. The largest absolute Gasteiger partial charge is 0.416 e. The molecule has 2 fully saturated rings. The number of β-amino-alcohol motifs (C(OH)–C–C–N with tert-alkyl or cyclic N) is 1. The van der Waals surface area contributed by atoms with Crippen LogP contribution in [0.2, 0.25) is 0 Å². The summed E-state index contributed by atoms with van der Waals surface area (Å²) in [5.41, 5.74) is 1.31. The summed E-state index contributed by atoms with van der Waals surface area (Å²) in [7, 11) is 1.61. The van der Waals surface area contributed by atoms with E-state index in [9.17, 15) is 55.9 Å². The van der Waals surface area contributed by atoms with Gasteiger partial charge in [-0.1, -0.05) is 57.9 Å². The molecule has 2 aliphatic heterocycles. The van der Waals surface area contributed by atoms with Crippen molar-refractivity contribution in [3.63, 3.8) is 0 Å². The minimum atomic E-state index is -4.87. The summed E-state index contributed by atoms with van der Waals surface area (Å²) in [6, 6.07) is 15.9. The number of nitrogens with one attached hydrogen (secondary N) is 4. The van der Waals surface area contributed by atoms with Crippen molar-refractivity contribution in [3.8, 4) is 39.0 Å². The Morgan fingerprint density at radius 3 is 2.29 bits per heavy atom. The van der Waals surface area contributed by atoms with Crippen molar-refractivity contribution in [2.24, 2.45) is 12.5 Å². The zero-order valence-electron chi connectivity index (χ0n) is 47.3. The number of carbonyl (C=O) groups is 4. The monoisotopic (exact) mass is 1180 g/mol. The third-order valence-corrected chi connectivity index (χ3v) is 16.6. The van der Waals surface area contributed by atoms with E-state index >= 15 is 0 Å². The van der Waals surface area contributed by atoms with Gasteiger partial charge in [-0.25, -0.2) is 9.97 Å². The Labute approximate surface area is 486 Å². The first-order chi connectivity index (χ1) is 39.7. The number of rotatable bonds is 21. The highest BCUT2D eigenvalue weighted by molar-refractivity contribution is 7.13. The summed E-state index contributed by atoms with van der Waals surface area (Å²) >= 11 is 1.54. The summed E-state index contributed by atoms with van der Waals surface area (Å²) in [5, 5.41) is 40.6. The number of aliphatic hydroxyl groups excluding tert-OH is 1. The first-order valence-electron chi connectivity index (χ1n) is 27.8. The molecule has 444 valence electrons. The Morgan fingerprint density at radius 2 is 1.64 bits per heavy atom. The molecule has 24 heteroatoms. The van der Waals surface area contributed by atoms with E-state index in [-0.39, 0.29) is 89.1 Å². The number of likely N-dealkylation sites (tertiary alicyclic amines) is 1. The number of benzene rings is 3. The second-order valence-corrected chi connectivity index (χ2v) is 24.0. The van der Waals surface area contributed by atoms with Gasteiger partial charge in [0.15, 0.2) is 5.82 Å². The molecule has 84 heavy (non-hydrogen) atoms. The van der Waals surface area contributed by atoms with E-state index in [0.29, 0.717) is 45.1 Å². The molecule has 17 nitrogen and oxygen atoms in total. The van der Waals surface area contributed by atoms with Crippen molar-refractivity contribution in [2.45, 2.75) is 148 Å². The highest BCUT2D eigenvalue weighted by Gasteiger charge is 2.46. The van der Waals surface area contributed by atoms with Crippen molar-refractivity contribution >= 4 is 46.6 Å². The molecule has 3 aromatic heterocycles. The van der Waals surface area contributed by atoms with Crippen molar-refractivity contribution < 1.29 is 50.6 Å². The van der Waals surface area contributed by atoms with E-state index in [1.54, 1.807) is 23.9 Å². The number of pyridine rings is 1. The van der Waals surface area contributed by atoms with Crippen molar-refractivity contribution in [1.29, 1.82) is 5.26 Å². The van der Waals surface area contributed by atoms with Crippen LogP contribution in [0.5, 0.6) is 0 Å². The van der Waals surface area contributed by atoms with E-state index < -0.39 is 82.9 Å². The van der Waals surface area contributed by atoms with Gasteiger partial charge in [-0.15, -0.1) is 21.5 Å². The lowest BCUT2D eigenvalue weighted by Gasteiger charge is -2.35. The Bertz CT molecular complexity index is 3470. The molecule has 0 spiro atoms. The third kappa shape index (κ3) is 13.7. The summed E-state index contributed by atoms with van der Waals surface area (Å²) in [5.74, 6) is -1.83. The van der Waals surface area contributed by atoms with Gasteiger partial charge >= 0.3 is 12.4 Å². The number of nitrogens with zero attached hydrogens (tertiary/aromatic N) is 8. The van der Waals surface area contributed by atoms with Crippen LogP contribution >= 0.6 is 11.3 Å². The molecule has 0 radical (unpaired) electrons. The molecule has 9 rings (SSSR count). The molecule has 1 aliphatic carbocycles. The molecular weight excluding hydrogens is 1110 g/mol. The van der Waals surface area contributed by atoms with E-state index in [1.165, 1.54) is 40.1 Å². The number of thiazole rings is 1. The lowest BCUT2D eigenvalue weighted by molar-refractivity contribution is -0.144. The molecule has 0 bridgehead atoms. The summed E-state index contributed by atoms with van der Waals surface area (Å²) < 4.78 is 89.0. The van der Waals surface area contributed by atoms with E-state index in [4.69, 9.17) is 0 Å². The fourth-order valence-electron chi connectivity index (χ4n) is 10.9. The smallest absolute Gasteiger partial charge is 0.391 e. The number of carbonyl (C=O) groups excluding carboxylic acids is 4. The number of fused-ring (bicyclic) bond motifs is 1. The molecule has 1 saturated heterocycles. The van der Waals surface area contributed by atoms with Gasteiger partial charge in [0, 0.05) is 44.1 Å². The third-order valence-electron chi connectivity index (χ3n) is 15.7. The van der Waals surface area contributed by atoms with Crippen LogP contribution in [0.25, 0.3) is 33.0 Å². The molecule has 0 unspecified atom stereocenters. The highest BCUT2D eigenvalue weighted by atomic mass is 32.1. The quantitative estimate of drug-likeness (QED) is 0.0335. The second-order valence-electron chi connectivity index (χ2n) is 23.1. The van der Waals surface area contributed by atoms with Gasteiger partial charge < -0.3 is 35.8 Å². The SMILES string of the molecule is Cc1ncsc1-c1ccc([C@H](C)NC(=O)[C@@H]2C[C@@H](O)CN2C(=O)[C@@H](NC(=O)CCCCCCNCc2cc3c(c(C(F)(F)F)c2)CN(c2cc(-c4cc(C(F)(F)F)ccc4-c4nncn4C)cc(NC4(CC#N)CC4)n2)C3=O)C(C)(C)C)cc1. The Hall–Kier alpha value is -7.75. The standard InChI is InChI=1S/C60H66F6N12O5S/c1-34(37-12-14-38(15-13-37)51-35(2)69-33-84-51)71-54(81)47-28-41(79)30-77(47)56(83)52(57(3,4)5)73-50(80)11-9-7-8-10-22-68-29-36-23-44-45(46(24-36)60(64,65)66)31-78(55(44)82)49-26-39(25-48(72-49)74-58(18-19-58)20-21-67)43-27-40(59(61,62)63)16-17-42(43)53-75-70-32-76(53)6/h12-17,23-27,32-34,41,47,52,68,79H,7-11,18-20,22,28-31H2,1-6H3,(H,71,81)(H,72,74)(H,73,80)/t34-,41+,47-,52+/m0/s1. The number of hydrogen-bond donors (Lipinski definition) is 5. The maximum absolute atomic E-state index is 14.9. The molecule has 6 aromatic rings. The number of nitriles is 1. The number of amides is 4. The van der Waals surface area contributed by atoms with Gasteiger partial charge in [-0.2, -0.15) is 31.6 Å². The van der Waals surface area contributed by atoms with Crippen LogP contribution in [0.15, 0.2) is 78.6 Å². The Balaban J connectivity index is 0.802. The summed E-state index contributed by atoms with van der Waals surface area (Å²) in [4.78, 5) is 68.1. The van der Waals surface area contributed by atoms with Crippen molar-refractivity contribution in [2.75, 3.05) is 23.3 Å². The summed E-state index contributed by atoms with van der Waals surface area (Å²) in [6.07, 6.45) is -5.41. The molecule has 3 aliphatic rings. The van der Waals surface area contributed by atoms with Gasteiger partial charge in [0.2, 0.25) is 17.7 Å². The number of unbranched alkanes of at least 4 members (excludes halogenated alkanes) is 3. The van der Waals surface area contributed by atoms with Gasteiger partial charge in [-0.05, 0) is 127 Å². The topological polar surface area (TPSA) is 223 Å². The number of alkyl halides is 6. The first kappa shape index (κ1) is 60.8. The number of anilines is 2. The average molecular weight is 1180 g/mol. The minimum Gasteiger partial charge on any atom is -0.391 e. The minimum absolute atomic E-state index is 0.0187. The fourth-order valence-corrected chi connectivity index (χ4v) is 11.7. The molecule has 5 N–H and O–H groups in total. The molecule has 3 aromatic carbocycles. The molecule has 4 amide bonds. The van der Waals surface area contributed by atoms with E-state index in [2.05, 4.69) is 47.5 Å². The fraction of sp³-hybridized carbons (Fsp3) is 0.450. The summed E-state index contributed by atoms with van der Waals surface area (Å²) in [6.45, 7) is 8.99. The van der Waals surface area contributed by atoms with Crippen LogP contribution < -0.4 is 26.2 Å². The van der Waals surface area contributed by atoms with Crippen molar-refractivity contribution in [3.05, 3.63) is 118 Å². The number of aryl methyl sites for hydroxylation is 2. The maximum Gasteiger partial charge on any atom is 0.416 e. The van der Waals surface area contributed by atoms with Gasteiger partial charge in [0.1, 0.15) is 30.0 Å². The number of halogens is 6. The van der Waals surface area contributed by atoms with E-state index in [1.807, 2.05) is 58.9 Å². The second kappa shape index (κ2) is 24.5. The lowest BCUT2D eigenvalue weighted by Crippen LogP contribution is -2.57. The zero-order valence-corrected chi connectivity index (χ0v) is 48.2. The van der Waals surface area contributed by atoms with Crippen LogP contribution in [0.4, 0.5) is 38.0 Å². The molecular formula is C60H66F6N12O5S. The maximum atomic E-state index is 14.9. The highest BCUT2D eigenvalue weighted by Crippen LogP contribution is 2.45. The predicted octanol–water partition coefficient (Wildman–Crippen LogP) is 10.4. The predicted molar refractivity (Wildman–Crippen MR) is 304 cm³/mol. The first-order valence-corrected chi connectivity index (χ1v) is 28.7. The van der Waals surface area contributed by atoms with Crippen LogP contribution in [0, 0.1) is 23.7 Å².